The monoisotopic (exact) mass is 339 g/mol. The molecule has 1 heterocycles. The van der Waals surface area contributed by atoms with Crippen LogP contribution in [-0.2, 0) is 6.42 Å². The highest BCUT2D eigenvalue weighted by Crippen LogP contribution is 2.21. The van der Waals surface area contributed by atoms with Gasteiger partial charge in [0, 0.05) is 16.7 Å². The highest BCUT2D eigenvalue weighted by atomic mass is 79.9. The van der Waals surface area contributed by atoms with Crippen LogP contribution in [0.15, 0.2) is 77.4 Å². The molecule has 0 aliphatic rings. The van der Waals surface area contributed by atoms with Crippen LogP contribution >= 0.6 is 15.9 Å². The van der Waals surface area contributed by atoms with Gasteiger partial charge in [0.2, 0.25) is 5.88 Å². The summed E-state index contributed by atoms with van der Waals surface area (Å²) in [6.07, 6.45) is 2.65. The lowest BCUT2D eigenvalue weighted by molar-refractivity contribution is 0.462. The van der Waals surface area contributed by atoms with Crippen LogP contribution < -0.4 is 4.74 Å². The van der Waals surface area contributed by atoms with Crippen LogP contribution in [0.5, 0.6) is 11.6 Å². The van der Waals surface area contributed by atoms with Gasteiger partial charge < -0.3 is 4.74 Å². The summed E-state index contributed by atoms with van der Waals surface area (Å²) in [6, 6.07) is 22.3. The Morgan fingerprint density at radius 3 is 2.19 bits per heavy atom. The molecule has 0 spiro atoms. The van der Waals surface area contributed by atoms with Crippen LogP contribution in [0, 0.1) is 0 Å². The molecule has 3 rings (SSSR count). The summed E-state index contributed by atoms with van der Waals surface area (Å²) in [5.41, 5.74) is 2.57. The van der Waals surface area contributed by atoms with Crippen molar-refractivity contribution in [1.29, 1.82) is 0 Å². The molecule has 0 N–H and O–H groups in total. The summed E-state index contributed by atoms with van der Waals surface area (Å²) in [7, 11) is 0. The van der Waals surface area contributed by atoms with Crippen LogP contribution in [0.25, 0.3) is 0 Å². The highest BCUT2D eigenvalue weighted by Gasteiger charge is 2.00. The van der Waals surface area contributed by atoms with Crippen LogP contribution in [0.1, 0.15) is 11.1 Å². The zero-order valence-electron chi connectivity index (χ0n) is 11.4. The number of hydrogen-bond acceptors (Lipinski definition) is 2. The number of halogens is 1. The second kappa shape index (κ2) is 6.55. The molecular weight excluding hydrogens is 326 g/mol. The molecule has 3 heteroatoms. The number of benzene rings is 2. The quantitative estimate of drug-likeness (QED) is 0.649. The zero-order valence-corrected chi connectivity index (χ0v) is 13.0. The molecule has 0 unspecified atom stereocenters. The summed E-state index contributed by atoms with van der Waals surface area (Å²) in [5.74, 6) is 1.38. The number of nitrogens with zero attached hydrogens (tertiary/aromatic N) is 1. The van der Waals surface area contributed by atoms with Gasteiger partial charge in [-0.05, 0) is 51.7 Å². The van der Waals surface area contributed by atoms with E-state index in [0.29, 0.717) is 5.88 Å². The van der Waals surface area contributed by atoms with Crippen molar-refractivity contribution >= 4 is 15.9 Å². The van der Waals surface area contributed by atoms with E-state index in [9.17, 15) is 0 Å². The maximum absolute atomic E-state index is 5.71. The van der Waals surface area contributed by atoms with Gasteiger partial charge >= 0.3 is 0 Å². The van der Waals surface area contributed by atoms with Gasteiger partial charge in [-0.2, -0.15) is 0 Å². The molecule has 3 aromatic rings. The molecule has 104 valence electrons. The van der Waals surface area contributed by atoms with Gasteiger partial charge in [0.15, 0.2) is 0 Å². The molecule has 0 bridgehead atoms. The topological polar surface area (TPSA) is 22.1 Å². The molecule has 0 amide bonds. The third-order valence-corrected chi connectivity index (χ3v) is 3.57. The molecule has 21 heavy (non-hydrogen) atoms. The normalized spacial score (nSPS) is 10.3. The van der Waals surface area contributed by atoms with Crippen molar-refractivity contribution in [3.8, 4) is 11.6 Å². The van der Waals surface area contributed by atoms with E-state index >= 15 is 0 Å². The fraction of sp³-hybridized carbons (Fsp3) is 0.0556. The Morgan fingerprint density at radius 1 is 0.810 bits per heavy atom. The largest absolute Gasteiger partial charge is 0.439 e. The lowest BCUT2D eigenvalue weighted by Crippen LogP contribution is -1.90. The van der Waals surface area contributed by atoms with Crippen LogP contribution in [0.3, 0.4) is 0 Å². The molecule has 2 nitrogen and oxygen atoms in total. The summed E-state index contributed by atoms with van der Waals surface area (Å²) < 4.78 is 6.64. The van der Waals surface area contributed by atoms with E-state index in [4.69, 9.17) is 4.74 Å². The van der Waals surface area contributed by atoms with Crippen molar-refractivity contribution in [1.82, 2.24) is 4.98 Å². The Balaban J connectivity index is 1.68. The Morgan fingerprint density at radius 2 is 1.52 bits per heavy atom. The summed E-state index contributed by atoms with van der Waals surface area (Å²) >= 11 is 3.35. The molecule has 0 radical (unpaired) electrons. The van der Waals surface area contributed by atoms with Gasteiger partial charge in [0.25, 0.3) is 0 Å². The van der Waals surface area contributed by atoms with Crippen LogP contribution in [0.2, 0.25) is 0 Å². The SMILES string of the molecule is Brc1ccc(Oc2ccc(Cc3ccccc3)cc2)nc1. The molecule has 2 aromatic carbocycles. The first-order chi connectivity index (χ1) is 10.3. The minimum absolute atomic E-state index is 0.592. The smallest absolute Gasteiger partial charge is 0.219 e. The number of pyridine rings is 1. The molecule has 1 aromatic heterocycles. The summed E-state index contributed by atoms with van der Waals surface area (Å²) in [4.78, 5) is 4.19. The average Bonchev–Trinajstić information content (AvgIpc) is 2.53. The Bertz CT molecular complexity index is 694. The average molecular weight is 340 g/mol. The van der Waals surface area contributed by atoms with E-state index in [0.717, 1.165) is 16.6 Å². The predicted octanol–water partition coefficient (Wildman–Crippen LogP) is 5.23. The maximum atomic E-state index is 5.71. The van der Waals surface area contributed by atoms with Gasteiger partial charge in [-0.3, -0.25) is 0 Å². The van der Waals surface area contributed by atoms with Gasteiger partial charge in [-0.15, -0.1) is 0 Å². The lowest BCUT2D eigenvalue weighted by Gasteiger charge is -2.06. The van der Waals surface area contributed by atoms with Gasteiger partial charge in [-0.1, -0.05) is 42.5 Å². The Labute approximate surface area is 132 Å². The summed E-state index contributed by atoms with van der Waals surface area (Å²) in [5, 5.41) is 0. The first kappa shape index (κ1) is 13.8. The van der Waals surface area contributed by atoms with Crippen molar-refractivity contribution < 1.29 is 4.74 Å². The van der Waals surface area contributed by atoms with E-state index in [1.165, 1.54) is 11.1 Å². The van der Waals surface area contributed by atoms with E-state index in [2.05, 4.69) is 57.3 Å². The molecule has 0 aliphatic carbocycles. The predicted molar refractivity (Wildman–Crippen MR) is 87.7 cm³/mol. The fourth-order valence-electron chi connectivity index (χ4n) is 2.05. The van der Waals surface area contributed by atoms with Crippen LogP contribution in [0.4, 0.5) is 0 Å². The zero-order chi connectivity index (χ0) is 14.5. The second-order valence-electron chi connectivity index (χ2n) is 4.72. The number of rotatable bonds is 4. The Kier molecular flexibility index (Phi) is 4.31. The maximum Gasteiger partial charge on any atom is 0.219 e. The van der Waals surface area contributed by atoms with Gasteiger partial charge in [0.05, 0.1) is 0 Å². The summed E-state index contributed by atoms with van der Waals surface area (Å²) in [6.45, 7) is 0. The minimum atomic E-state index is 0.592. The lowest BCUT2D eigenvalue weighted by atomic mass is 10.1. The van der Waals surface area contributed by atoms with E-state index in [-0.39, 0.29) is 0 Å². The first-order valence-corrected chi connectivity index (χ1v) is 7.51. The van der Waals surface area contributed by atoms with Crippen molar-refractivity contribution in [2.45, 2.75) is 6.42 Å². The van der Waals surface area contributed by atoms with Crippen molar-refractivity contribution in [3.63, 3.8) is 0 Å². The fourth-order valence-corrected chi connectivity index (χ4v) is 2.28. The van der Waals surface area contributed by atoms with Crippen molar-refractivity contribution in [3.05, 3.63) is 88.5 Å². The molecule has 0 saturated carbocycles. The molecule has 0 saturated heterocycles. The van der Waals surface area contributed by atoms with E-state index < -0.39 is 0 Å². The third-order valence-electron chi connectivity index (χ3n) is 3.10. The second-order valence-corrected chi connectivity index (χ2v) is 5.64. The number of aromatic nitrogens is 1. The standard InChI is InChI=1S/C18H14BrNO/c19-16-8-11-18(20-13-16)21-17-9-6-15(7-10-17)12-14-4-2-1-3-5-14/h1-11,13H,12H2. The van der Waals surface area contributed by atoms with E-state index in [1.807, 2.05) is 30.3 Å². The molecule has 0 fully saturated rings. The highest BCUT2D eigenvalue weighted by molar-refractivity contribution is 9.10. The number of ether oxygens (including phenoxy) is 1. The van der Waals surface area contributed by atoms with Gasteiger partial charge in [-0.25, -0.2) is 4.98 Å². The Hall–Kier alpha value is -2.13. The van der Waals surface area contributed by atoms with Crippen molar-refractivity contribution in [2.24, 2.45) is 0 Å². The van der Waals surface area contributed by atoms with E-state index in [1.54, 1.807) is 6.20 Å². The third kappa shape index (κ3) is 3.92. The van der Waals surface area contributed by atoms with Crippen molar-refractivity contribution in [2.75, 3.05) is 0 Å². The molecular formula is C18H14BrNO. The molecule has 0 atom stereocenters. The first-order valence-electron chi connectivity index (χ1n) is 6.72. The molecule has 0 aliphatic heterocycles. The minimum Gasteiger partial charge on any atom is -0.439 e. The number of hydrogen-bond donors (Lipinski definition) is 0. The van der Waals surface area contributed by atoms with Gasteiger partial charge in [0.1, 0.15) is 5.75 Å². The van der Waals surface area contributed by atoms with Crippen LogP contribution in [-0.4, -0.2) is 4.98 Å².